The van der Waals surface area contributed by atoms with Crippen molar-refractivity contribution in [3.63, 3.8) is 0 Å². The largest absolute Gasteiger partial charge is 0.379 e. The van der Waals surface area contributed by atoms with Crippen LogP contribution in [0.3, 0.4) is 0 Å². The summed E-state index contributed by atoms with van der Waals surface area (Å²) in [6, 6.07) is 0. The summed E-state index contributed by atoms with van der Waals surface area (Å²) in [5, 5.41) is 3.22. The molecule has 0 saturated carbocycles. The highest BCUT2D eigenvalue weighted by Crippen LogP contribution is 1.99. The van der Waals surface area contributed by atoms with Crippen LogP contribution in [-0.2, 0) is 4.74 Å². The van der Waals surface area contributed by atoms with E-state index >= 15 is 0 Å². The molecule has 96 valence electrons. The highest BCUT2D eigenvalue weighted by Gasteiger charge is 2.11. The van der Waals surface area contributed by atoms with Gasteiger partial charge in [0.25, 0.3) is 0 Å². The number of nitrogens with one attached hydrogen (secondary N) is 1. The van der Waals surface area contributed by atoms with Gasteiger partial charge in [-0.3, -0.25) is 4.90 Å². The van der Waals surface area contributed by atoms with Gasteiger partial charge < -0.3 is 15.0 Å². The van der Waals surface area contributed by atoms with Crippen LogP contribution in [0.5, 0.6) is 0 Å². The van der Waals surface area contributed by atoms with Crippen molar-refractivity contribution in [3.8, 4) is 0 Å². The van der Waals surface area contributed by atoms with Gasteiger partial charge in [-0.15, -0.1) is 0 Å². The number of morpholine rings is 1. The van der Waals surface area contributed by atoms with Gasteiger partial charge >= 0.3 is 0 Å². The molecule has 4 heteroatoms. The second-order valence-electron chi connectivity index (χ2n) is 4.88. The summed E-state index contributed by atoms with van der Waals surface area (Å²) in [7, 11) is 4.23. The molecular weight excluding hydrogens is 202 g/mol. The number of nitrogens with zero attached hydrogens (tertiary/aromatic N) is 2. The summed E-state index contributed by atoms with van der Waals surface area (Å²) in [6.45, 7) is 10.9. The number of hydrogen-bond acceptors (Lipinski definition) is 4. The third kappa shape index (κ3) is 5.80. The third-order valence-electron chi connectivity index (χ3n) is 3.08. The Morgan fingerprint density at radius 1 is 1.38 bits per heavy atom. The van der Waals surface area contributed by atoms with Crippen LogP contribution in [0.15, 0.2) is 0 Å². The molecule has 0 amide bonds. The van der Waals surface area contributed by atoms with E-state index < -0.39 is 0 Å². The Labute approximate surface area is 99.9 Å². The zero-order valence-electron chi connectivity index (χ0n) is 11.0. The fourth-order valence-electron chi connectivity index (χ4n) is 2.17. The van der Waals surface area contributed by atoms with Crippen LogP contribution in [0.2, 0.25) is 0 Å². The Kier molecular flexibility index (Phi) is 6.96. The van der Waals surface area contributed by atoms with Gasteiger partial charge in [0.2, 0.25) is 0 Å². The van der Waals surface area contributed by atoms with Gasteiger partial charge in [-0.2, -0.15) is 0 Å². The standard InChI is InChI=1S/C12H27N3O/c1-12(10-13-2)11-14(3)4-5-15-6-8-16-9-7-15/h12-13H,4-11H2,1-3H3. The zero-order valence-corrected chi connectivity index (χ0v) is 11.0. The lowest BCUT2D eigenvalue weighted by Gasteiger charge is -2.29. The molecule has 0 radical (unpaired) electrons. The quantitative estimate of drug-likeness (QED) is 0.670. The predicted octanol–water partition coefficient (Wildman–Crippen LogP) is 0.106. The molecule has 1 unspecified atom stereocenters. The first-order valence-corrected chi connectivity index (χ1v) is 6.35. The lowest BCUT2D eigenvalue weighted by Crippen LogP contribution is -2.41. The van der Waals surface area contributed by atoms with Gasteiger partial charge in [0.1, 0.15) is 0 Å². The fourth-order valence-corrected chi connectivity index (χ4v) is 2.17. The summed E-state index contributed by atoms with van der Waals surface area (Å²) in [5.41, 5.74) is 0. The van der Waals surface area contributed by atoms with E-state index in [9.17, 15) is 0 Å². The minimum atomic E-state index is 0.722. The molecular formula is C12H27N3O. The van der Waals surface area contributed by atoms with E-state index in [-0.39, 0.29) is 0 Å². The Morgan fingerprint density at radius 2 is 2.06 bits per heavy atom. The van der Waals surface area contributed by atoms with Crippen molar-refractivity contribution >= 4 is 0 Å². The molecule has 1 aliphatic heterocycles. The van der Waals surface area contributed by atoms with E-state index in [4.69, 9.17) is 4.74 Å². The van der Waals surface area contributed by atoms with Crippen molar-refractivity contribution in [2.24, 2.45) is 5.92 Å². The monoisotopic (exact) mass is 229 g/mol. The molecule has 1 heterocycles. The molecule has 0 aromatic carbocycles. The van der Waals surface area contributed by atoms with Crippen molar-refractivity contribution in [2.45, 2.75) is 6.92 Å². The lowest BCUT2D eigenvalue weighted by atomic mass is 10.1. The molecule has 0 aliphatic carbocycles. The average molecular weight is 229 g/mol. The molecule has 0 aromatic rings. The van der Waals surface area contributed by atoms with Crippen LogP contribution >= 0.6 is 0 Å². The maximum atomic E-state index is 5.34. The summed E-state index contributed by atoms with van der Waals surface area (Å²) >= 11 is 0. The summed E-state index contributed by atoms with van der Waals surface area (Å²) in [4.78, 5) is 4.92. The molecule has 0 aromatic heterocycles. The molecule has 16 heavy (non-hydrogen) atoms. The van der Waals surface area contributed by atoms with Crippen molar-refractivity contribution in [3.05, 3.63) is 0 Å². The van der Waals surface area contributed by atoms with Crippen molar-refractivity contribution in [2.75, 3.05) is 66.6 Å². The van der Waals surface area contributed by atoms with Gasteiger partial charge in [0.15, 0.2) is 0 Å². The van der Waals surface area contributed by atoms with Crippen molar-refractivity contribution < 1.29 is 4.74 Å². The molecule has 1 atom stereocenters. The molecule has 1 N–H and O–H groups in total. The molecule has 0 spiro atoms. The number of ether oxygens (including phenoxy) is 1. The molecule has 0 bridgehead atoms. The van der Waals surface area contributed by atoms with Crippen molar-refractivity contribution in [1.29, 1.82) is 0 Å². The van der Waals surface area contributed by atoms with E-state index in [2.05, 4.69) is 29.1 Å². The first-order chi connectivity index (χ1) is 7.72. The molecule has 1 rings (SSSR count). The van der Waals surface area contributed by atoms with Gasteiger partial charge in [0.05, 0.1) is 13.2 Å². The first kappa shape index (κ1) is 13.9. The lowest BCUT2D eigenvalue weighted by molar-refractivity contribution is 0.0340. The SMILES string of the molecule is CNCC(C)CN(C)CCN1CCOCC1. The summed E-state index contributed by atoms with van der Waals surface area (Å²) in [5.74, 6) is 0.722. The Morgan fingerprint density at radius 3 is 2.69 bits per heavy atom. The van der Waals surface area contributed by atoms with Crippen LogP contribution in [0, 0.1) is 5.92 Å². The minimum Gasteiger partial charge on any atom is -0.379 e. The maximum absolute atomic E-state index is 5.34. The molecule has 1 aliphatic rings. The number of likely N-dealkylation sites (N-methyl/N-ethyl adjacent to an activating group) is 1. The van der Waals surface area contributed by atoms with Crippen LogP contribution in [0.1, 0.15) is 6.92 Å². The maximum Gasteiger partial charge on any atom is 0.0594 e. The fraction of sp³-hybridized carbons (Fsp3) is 1.00. The highest BCUT2D eigenvalue weighted by atomic mass is 16.5. The van der Waals surface area contributed by atoms with Crippen LogP contribution in [-0.4, -0.2) is 76.4 Å². The average Bonchev–Trinajstić information content (AvgIpc) is 2.28. The van der Waals surface area contributed by atoms with Gasteiger partial charge in [-0.25, -0.2) is 0 Å². The van der Waals surface area contributed by atoms with Gasteiger partial charge in [-0.05, 0) is 26.6 Å². The Balaban J connectivity index is 2.06. The van der Waals surface area contributed by atoms with E-state index in [1.807, 2.05) is 7.05 Å². The van der Waals surface area contributed by atoms with E-state index in [0.29, 0.717) is 0 Å². The second-order valence-corrected chi connectivity index (χ2v) is 4.88. The highest BCUT2D eigenvalue weighted by molar-refractivity contribution is 4.66. The molecule has 4 nitrogen and oxygen atoms in total. The zero-order chi connectivity index (χ0) is 11.8. The summed E-state index contributed by atoms with van der Waals surface area (Å²) in [6.07, 6.45) is 0. The summed E-state index contributed by atoms with van der Waals surface area (Å²) < 4.78 is 5.34. The second kappa shape index (κ2) is 8.01. The van der Waals surface area contributed by atoms with Crippen LogP contribution in [0.25, 0.3) is 0 Å². The van der Waals surface area contributed by atoms with Crippen LogP contribution in [0.4, 0.5) is 0 Å². The van der Waals surface area contributed by atoms with Crippen LogP contribution < -0.4 is 5.32 Å². The predicted molar refractivity (Wildman–Crippen MR) is 67.8 cm³/mol. The Bertz CT molecular complexity index is 172. The van der Waals surface area contributed by atoms with Crippen molar-refractivity contribution in [1.82, 2.24) is 15.1 Å². The van der Waals surface area contributed by atoms with E-state index in [0.717, 1.165) is 45.3 Å². The molecule has 1 saturated heterocycles. The first-order valence-electron chi connectivity index (χ1n) is 6.35. The Hall–Kier alpha value is -0.160. The van der Waals surface area contributed by atoms with E-state index in [1.54, 1.807) is 0 Å². The topological polar surface area (TPSA) is 27.7 Å². The van der Waals surface area contributed by atoms with Gasteiger partial charge in [-0.1, -0.05) is 6.92 Å². The normalized spacial score (nSPS) is 20.2. The smallest absolute Gasteiger partial charge is 0.0594 e. The minimum absolute atomic E-state index is 0.722. The number of hydrogen-bond donors (Lipinski definition) is 1. The number of rotatable bonds is 7. The van der Waals surface area contributed by atoms with Gasteiger partial charge in [0, 0.05) is 32.7 Å². The van der Waals surface area contributed by atoms with E-state index in [1.165, 1.54) is 13.1 Å². The third-order valence-corrected chi connectivity index (χ3v) is 3.08. The molecule has 1 fully saturated rings.